The molecular formula is C16H23BrN4O8S. The molecule has 12 nitrogen and oxygen atoms in total. The zero-order valence-corrected chi connectivity index (χ0v) is 18.6. The molecule has 3 unspecified atom stereocenters. The van der Waals surface area contributed by atoms with Crippen LogP contribution in [0, 0.1) is 0 Å². The van der Waals surface area contributed by atoms with Crippen molar-refractivity contribution in [3.8, 4) is 0 Å². The Labute approximate surface area is 181 Å². The van der Waals surface area contributed by atoms with E-state index in [0.717, 1.165) is 16.3 Å². The number of Topliss-reactive ketones (excluding diaryl/α,β-unsaturated/α-hetero) is 1. The van der Waals surface area contributed by atoms with Gasteiger partial charge in [-0.15, -0.1) is 0 Å². The minimum absolute atomic E-state index is 0.0597. The van der Waals surface area contributed by atoms with E-state index in [0.29, 0.717) is 6.42 Å². The Balaban J connectivity index is 2.30. The van der Waals surface area contributed by atoms with Gasteiger partial charge in [0.1, 0.15) is 12.1 Å². The summed E-state index contributed by atoms with van der Waals surface area (Å²) in [6, 6.07) is -3.72. The lowest BCUT2D eigenvalue weighted by atomic mass is 10.0. The Hall–Kier alpha value is -2.06. The molecular weight excluding hydrogens is 488 g/mol. The van der Waals surface area contributed by atoms with E-state index in [1.54, 1.807) is 0 Å². The number of carbonyl (C=O) groups excluding carboxylic acids is 4. The third-order valence-corrected chi connectivity index (χ3v) is 6.00. The predicted octanol–water partition coefficient (Wildman–Crippen LogP) is -1.64. The maximum Gasteiger partial charge on any atom is 0.305 e. The lowest BCUT2D eigenvalue weighted by Crippen LogP contribution is -2.64. The van der Waals surface area contributed by atoms with Gasteiger partial charge in [0.15, 0.2) is 5.78 Å². The number of amides is 3. The first kappa shape index (κ1) is 24.2. The Morgan fingerprint density at radius 1 is 1.27 bits per heavy atom. The van der Waals surface area contributed by atoms with Crippen LogP contribution in [-0.4, -0.2) is 89.3 Å². The fourth-order valence-corrected chi connectivity index (χ4v) is 4.55. The molecule has 2 aliphatic heterocycles. The molecule has 3 atom stereocenters. The van der Waals surface area contributed by atoms with Crippen LogP contribution in [0.4, 0.5) is 0 Å². The van der Waals surface area contributed by atoms with E-state index in [-0.39, 0.29) is 31.1 Å². The highest BCUT2D eigenvalue weighted by molar-refractivity contribution is 9.09. The first-order valence-electron chi connectivity index (χ1n) is 9.16. The number of halogens is 1. The number of sulfonamides is 1. The number of ketones is 1. The van der Waals surface area contributed by atoms with Gasteiger partial charge in [0.05, 0.1) is 24.0 Å². The van der Waals surface area contributed by atoms with Crippen LogP contribution in [0.1, 0.15) is 32.1 Å². The maximum atomic E-state index is 13.0. The minimum atomic E-state index is -3.76. The number of hydrazine groups is 1. The highest BCUT2D eigenvalue weighted by Crippen LogP contribution is 2.25. The van der Waals surface area contributed by atoms with E-state index in [1.165, 1.54) is 0 Å². The van der Waals surface area contributed by atoms with Crippen LogP contribution in [-0.2, 0) is 34.0 Å². The van der Waals surface area contributed by atoms with Crippen LogP contribution in [0.3, 0.4) is 0 Å². The van der Waals surface area contributed by atoms with Crippen molar-refractivity contribution in [3.05, 3.63) is 0 Å². The number of hydrogen-bond acceptors (Lipinski definition) is 7. The van der Waals surface area contributed by atoms with E-state index in [1.807, 2.05) is 0 Å². The van der Waals surface area contributed by atoms with Gasteiger partial charge in [-0.1, -0.05) is 15.9 Å². The van der Waals surface area contributed by atoms with Crippen molar-refractivity contribution in [2.45, 2.75) is 50.2 Å². The zero-order valence-electron chi connectivity index (χ0n) is 16.2. The van der Waals surface area contributed by atoms with E-state index >= 15 is 0 Å². The summed E-state index contributed by atoms with van der Waals surface area (Å²) in [5.74, 6) is -3.84. The summed E-state index contributed by atoms with van der Waals surface area (Å²) < 4.78 is 25.4. The summed E-state index contributed by atoms with van der Waals surface area (Å²) in [6.45, 7) is 0.179. The molecule has 30 heavy (non-hydrogen) atoms. The van der Waals surface area contributed by atoms with Crippen LogP contribution in [0.25, 0.3) is 0 Å². The van der Waals surface area contributed by atoms with Crippen molar-refractivity contribution >= 4 is 55.4 Å². The summed E-state index contributed by atoms with van der Waals surface area (Å²) in [5, 5.41) is 13.2. The molecule has 0 aromatic heterocycles. The molecule has 0 spiro atoms. The number of aliphatic carboxylic acids is 1. The quantitative estimate of drug-likeness (QED) is 0.326. The fraction of sp³-hybridized carbons (Fsp3) is 0.688. The van der Waals surface area contributed by atoms with Gasteiger partial charge in [-0.3, -0.25) is 29.0 Å². The summed E-state index contributed by atoms with van der Waals surface area (Å²) in [5.41, 5.74) is 0. The molecule has 0 aliphatic carbocycles. The molecule has 168 valence electrons. The molecule has 0 radical (unpaired) electrons. The van der Waals surface area contributed by atoms with Crippen LogP contribution in [0.2, 0.25) is 0 Å². The van der Waals surface area contributed by atoms with Gasteiger partial charge in [-0.2, -0.15) is 0 Å². The Morgan fingerprint density at radius 2 is 1.93 bits per heavy atom. The molecule has 2 fully saturated rings. The Morgan fingerprint density at radius 3 is 2.50 bits per heavy atom. The molecule has 2 saturated heterocycles. The summed E-state index contributed by atoms with van der Waals surface area (Å²) in [6.07, 6.45) is 0.650. The topological polar surface area (TPSA) is 170 Å². The average Bonchev–Trinajstić information content (AvgIpc) is 2.77. The average molecular weight is 511 g/mol. The molecule has 0 aromatic carbocycles. The van der Waals surface area contributed by atoms with E-state index in [9.17, 15) is 32.4 Å². The maximum absolute atomic E-state index is 13.0. The number of hydrogen-bond donors (Lipinski definition) is 3. The van der Waals surface area contributed by atoms with E-state index < -0.39 is 64.0 Å². The largest absolute Gasteiger partial charge is 0.481 e. The lowest BCUT2D eigenvalue weighted by molar-refractivity contribution is -0.176. The minimum Gasteiger partial charge on any atom is -0.481 e. The molecule has 0 aromatic rings. The van der Waals surface area contributed by atoms with E-state index in [2.05, 4.69) is 26.0 Å². The van der Waals surface area contributed by atoms with Gasteiger partial charge < -0.3 is 10.4 Å². The normalized spacial score (nSPS) is 23.4. The predicted molar refractivity (Wildman–Crippen MR) is 106 cm³/mol. The second-order valence-corrected chi connectivity index (χ2v) is 9.44. The van der Waals surface area contributed by atoms with Gasteiger partial charge in [-0.25, -0.2) is 18.1 Å². The van der Waals surface area contributed by atoms with Crippen LogP contribution in [0.15, 0.2) is 0 Å². The molecule has 0 saturated carbocycles. The smallest absolute Gasteiger partial charge is 0.305 e. The van der Waals surface area contributed by atoms with Gasteiger partial charge in [0.25, 0.3) is 5.91 Å². The van der Waals surface area contributed by atoms with Gasteiger partial charge >= 0.3 is 5.97 Å². The number of nitrogens with one attached hydrogen (secondary N) is 2. The highest BCUT2D eigenvalue weighted by atomic mass is 79.9. The molecule has 0 bridgehead atoms. The number of alkyl halides is 1. The standard InChI is InChI=1S/C16H23BrN4O8S/c1-30(28,29)19-9-4-5-13(23)20-6-2-3-11(21(20)16(9)27)15(26)18-10(7-14(24)25)12(22)8-17/h9-11,19H,2-8H2,1H3,(H,18,26)(H,24,25). The molecule has 2 rings (SSSR count). The number of carbonyl (C=O) groups is 5. The summed E-state index contributed by atoms with van der Waals surface area (Å²) in [7, 11) is -3.76. The number of carboxylic acids is 1. The van der Waals surface area contributed by atoms with Crippen molar-refractivity contribution < 1.29 is 37.5 Å². The van der Waals surface area contributed by atoms with Crippen LogP contribution in [0.5, 0.6) is 0 Å². The van der Waals surface area contributed by atoms with Gasteiger partial charge in [0, 0.05) is 13.0 Å². The first-order valence-corrected chi connectivity index (χ1v) is 12.2. The van der Waals surface area contributed by atoms with Crippen molar-refractivity contribution in [2.75, 3.05) is 18.1 Å². The molecule has 14 heteroatoms. The monoisotopic (exact) mass is 510 g/mol. The highest BCUT2D eigenvalue weighted by Gasteiger charge is 2.45. The lowest BCUT2D eigenvalue weighted by Gasteiger charge is -2.43. The molecule has 2 aliphatic rings. The SMILES string of the molecule is CS(=O)(=O)NC1CCC(=O)N2CCCC(C(=O)NC(CC(=O)O)C(=O)CBr)N2C1=O. The summed E-state index contributed by atoms with van der Waals surface area (Å²) in [4.78, 5) is 61.4. The number of nitrogens with zero attached hydrogens (tertiary/aromatic N) is 2. The van der Waals surface area contributed by atoms with Crippen molar-refractivity contribution in [2.24, 2.45) is 0 Å². The number of fused-ring (bicyclic) bond motifs is 1. The third kappa shape index (κ3) is 5.98. The first-order chi connectivity index (χ1) is 13.9. The van der Waals surface area contributed by atoms with Gasteiger partial charge in [-0.05, 0) is 19.3 Å². The fourth-order valence-electron chi connectivity index (χ4n) is 3.42. The van der Waals surface area contributed by atoms with Crippen molar-refractivity contribution in [3.63, 3.8) is 0 Å². The molecule has 3 amide bonds. The Kier molecular flexibility index (Phi) is 7.93. The number of carboxylic acid groups (broad SMARTS) is 1. The van der Waals surface area contributed by atoms with Crippen molar-refractivity contribution in [1.82, 2.24) is 20.1 Å². The molecule has 3 N–H and O–H groups in total. The second kappa shape index (κ2) is 9.83. The molecule has 2 heterocycles. The van der Waals surface area contributed by atoms with Crippen molar-refractivity contribution in [1.29, 1.82) is 0 Å². The number of rotatable bonds is 8. The van der Waals surface area contributed by atoms with Gasteiger partial charge in [0.2, 0.25) is 21.8 Å². The van der Waals surface area contributed by atoms with Crippen LogP contribution >= 0.6 is 15.9 Å². The second-order valence-electron chi connectivity index (χ2n) is 7.10. The third-order valence-electron chi connectivity index (χ3n) is 4.74. The zero-order chi connectivity index (χ0) is 22.6. The van der Waals surface area contributed by atoms with Crippen LogP contribution < -0.4 is 10.0 Å². The Bertz CT molecular complexity index is 848. The summed E-state index contributed by atoms with van der Waals surface area (Å²) >= 11 is 2.93. The van der Waals surface area contributed by atoms with E-state index in [4.69, 9.17) is 5.11 Å².